The number of H-pyrrole nitrogens is 1. The van der Waals surface area contributed by atoms with Gasteiger partial charge in [0.05, 0.1) is 12.2 Å². The number of nitrogens with zero attached hydrogens (tertiary/aromatic N) is 4. The fourth-order valence-electron chi connectivity index (χ4n) is 2.47. The maximum absolute atomic E-state index is 12.3. The molecule has 0 aliphatic rings. The van der Waals surface area contributed by atoms with Crippen LogP contribution in [-0.4, -0.2) is 30.7 Å². The average molecular weight is 397 g/mol. The number of carbonyl (C=O) groups is 1. The summed E-state index contributed by atoms with van der Waals surface area (Å²) in [6.07, 6.45) is 1.86. The molecule has 0 unspecified atom stereocenters. The molecule has 0 atom stereocenters. The van der Waals surface area contributed by atoms with Crippen LogP contribution in [0.3, 0.4) is 0 Å². The molecule has 0 saturated carbocycles. The van der Waals surface area contributed by atoms with Crippen LogP contribution in [-0.2, 0) is 6.54 Å². The first-order valence-corrected chi connectivity index (χ1v) is 8.38. The molecule has 3 heterocycles. The van der Waals surface area contributed by atoms with Crippen molar-refractivity contribution in [3.63, 3.8) is 0 Å². The third-order valence-corrected chi connectivity index (χ3v) is 4.28. The first-order valence-electron chi connectivity index (χ1n) is 7.59. The molecule has 0 bridgehead atoms. The molecule has 1 amide bonds. The molecule has 0 aliphatic carbocycles. The fraction of sp³-hybridized carbons (Fsp3) is 0.0588. The highest BCUT2D eigenvalue weighted by atomic mass is 79.9. The van der Waals surface area contributed by atoms with Crippen molar-refractivity contribution in [1.29, 1.82) is 0 Å². The quantitative estimate of drug-likeness (QED) is 0.555. The van der Waals surface area contributed by atoms with Gasteiger partial charge in [-0.25, -0.2) is 0 Å². The molecule has 0 saturated heterocycles. The van der Waals surface area contributed by atoms with Crippen LogP contribution in [0.1, 0.15) is 16.3 Å². The third-order valence-electron chi connectivity index (χ3n) is 3.75. The topological polar surface area (TPSA) is 88.0 Å². The van der Waals surface area contributed by atoms with Crippen molar-refractivity contribution in [3.8, 4) is 11.3 Å². The van der Waals surface area contributed by atoms with Crippen molar-refractivity contribution < 1.29 is 4.79 Å². The van der Waals surface area contributed by atoms with Gasteiger partial charge in [0.15, 0.2) is 11.5 Å². The first-order chi connectivity index (χ1) is 12.2. The number of rotatable bonds is 4. The van der Waals surface area contributed by atoms with Crippen LogP contribution in [0.4, 0.5) is 0 Å². The molecule has 4 rings (SSSR count). The second-order valence-electron chi connectivity index (χ2n) is 5.40. The Morgan fingerprint density at radius 1 is 1.16 bits per heavy atom. The zero-order chi connectivity index (χ0) is 17.2. The summed E-state index contributed by atoms with van der Waals surface area (Å²) < 4.78 is 2.82. The van der Waals surface area contributed by atoms with E-state index in [0.717, 1.165) is 15.7 Å². The zero-order valence-corrected chi connectivity index (χ0v) is 14.6. The molecule has 1 aromatic carbocycles. The van der Waals surface area contributed by atoms with Crippen molar-refractivity contribution in [1.82, 2.24) is 30.1 Å². The predicted molar refractivity (Wildman–Crippen MR) is 95.9 cm³/mol. The zero-order valence-electron chi connectivity index (χ0n) is 13.0. The van der Waals surface area contributed by atoms with Crippen LogP contribution in [0.5, 0.6) is 0 Å². The minimum Gasteiger partial charge on any atom is -0.343 e. The Kier molecular flexibility index (Phi) is 4.02. The molecule has 2 N–H and O–H groups in total. The Morgan fingerprint density at radius 2 is 2.00 bits per heavy atom. The lowest BCUT2D eigenvalue weighted by Crippen LogP contribution is -2.24. The van der Waals surface area contributed by atoms with Gasteiger partial charge in [-0.05, 0) is 30.3 Å². The van der Waals surface area contributed by atoms with Crippen LogP contribution in [0.15, 0.2) is 59.2 Å². The Balaban J connectivity index is 1.47. The highest BCUT2D eigenvalue weighted by Crippen LogP contribution is 2.20. The first kappa shape index (κ1) is 15.5. The summed E-state index contributed by atoms with van der Waals surface area (Å²) in [4.78, 5) is 12.3. The van der Waals surface area contributed by atoms with Gasteiger partial charge in [0.2, 0.25) is 0 Å². The number of hydrogen-bond acceptors (Lipinski definition) is 4. The van der Waals surface area contributed by atoms with Gasteiger partial charge in [-0.1, -0.05) is 34.1 Å². The maximum atomic E-state index is 12.3. The highest BCUT2D eigenvalue weighted by Gasteiger charge is 2.12. The number of carbonyl (C=O) groups excluding carboxylic acids is 1. The lowest BCUT2D eigenvalue weighted by molar-refractivity contribution is 0.0944. The van der Waals surface area contributed by atoms with Crippen LogP contribution in [0.25, 0.3) is 16.9 Å². The molecule has 0 fully saturated rings. The van der Waals surface area contributed by atoms with Crippen molar-refractivity contribution in [2.75, 3.05) is 0 Å². The molecular formula is C17H13BrN6O. The van der Waals surface area contributed by atoms with Gasteiger partial charge in [-0.15, -0.1) is 10.2 Å². The number of nitrogens with one attached hydrogen (secondary N) is 2. The maximum Gasteiger partial charge on any atom is 0.269 e. The molecule has 0 spiro atoms. The number of pyridine rings is 1. The van der Waals surface area contributed by atoms with E-state index in [2.05, 4.69) is 41.6 Å². The van der Waals surface area contributed by atoms with Gasteiger partial charge >= 0.3 is 0 Å². The van der Waals surface area contributed by atoms with E-state index in [4.69, 9.17) is 0 Å². The van der Waals surface area contributed by atoms with Gasteiger partial charge in [0.1, 0.15) is 5.69 Å². The predicted octanol–water partition coefficient (Wildman–Crippen LogP) is 2.81. The normalized spacial score (nSPS) is 10.9. The molecule has 0 aliphatic heterocycles. The Hall–Kier alpha value is -3.00. The molecule has 8 heteroatoms. The van der Waals surface area contributed by atoms with E-state index in [1.54, 1.807) is 6.07 Å². The fourth-order valence-corrected chi connectivity index (χ4v) is 2.74. The summed E-state index contributed by atoms with van der Waals surface area (Å²) in [5.41, 5.74) is 2.78. The summed E-state index contributed by atoms with van der Waals surface area (Å²) in [7, 11) is 0. The van der Waals surface area contributed by atoms with Crippen molar-refractivity contribution >= 4 is 27.5 Å². The SMILES string of the molecule is O=C(NCc1nnc2ccccn12)c1cc(-c2ccc(Br)cc2)n[nH]1. The lowest BCUT2D eigenvalue weighted by Gasteiger charge is -2.02. The smallest absolute Gasteiger partial charge is 0.269 e. The standard InChI is InChI=1S/C17H13BrN6O/c18-12-6-4-11(5-7-12)13-9-14(21-20-13)17(25)19-10-16-23-22-15-3-1-2-8-24(15)16/h1-9H,10H2,(H,19,25)(H,20,21). The number of aromatic nitrogens is 5. The molecule has 25 heavy (non-hydrogen) atoms. The largest absolute Gasteiger partial charge is 0.343 e. The molecule has 0 radical (unpaired) electrons. The van der Waals surface area contributed by atoms with E-state index in [0.29, 0.717) is 17.2 Å². The number of hydrogen-bond donors (Lipinski definition) is 2. The highest BCUT2D eigenvalue weighted by molar-refractivity contribution is 9.10. The number of halogens is 1. The molecule has 7 nitrogen and oxygen atoms in total. The van der Waals surface area contributed by atoms with E-state index >= 15 is 0 Å². The molecule has 4 aromatic rings. The monoisotopic (exact) mass is 396 g/mol. The van der Waals surface area contributed by atoms with Crippen molar-refractivity contribution in [3.05, 3.63) is 70.7 Å². The number of amides is 1. The summed E-state index contributed by atoms with van der Waals surface area (Å²) in [5, 5.41) is 17.9. The number of benzene rings is 1. The molecule has 3 aromatic heterocycles. The minimum absolute atomic E-state index is 0.247. The minimum atomic E-state index is -0.247. The lowest BCUT2D eigenvalue weighted by atomic mass is 10.1. The van der Waals surface area contributed by atoms with E-state index in [1.165, 1.54) is 0 Å². The van der Waals surface area contributed by atoms with E-state index in [-0.39, 0.29) is 12.5 Å². The van der Waals surface area contributed by atoms with Crippen LogP contribution >= 0.6 is 15.9 Å². The Labute approximate surface area is 151 Å². The third kappa shape index (κ3) is 3.16. The molecular weight excluding hydrogens is 384 g/mol. The summed E-state index contributed by atoms with van der Waals surface area (Å²) >= 11 is 3.40. The van der Waals surface area contributed by atoms with Crippen molar-refractivity contribution in [2.45, 2.75) is 6.54 Å². The summed E-state index contributed by atoms with van der Waals surface area (Å²) in [5.74, 6) is 0.417. The second-order valence-corrected chi connectivity index (χ2v) is 6.32. The number of fused-ring (bicyclic) bond motifs is 1. The van der Waals surface area contributed by atoms with Crippen LogP contribution in [0.2, 0.25) is 0 Å². The molecule has 124 valence electrons. The van der Waals surface area contributed by atoms with Gasteiger partial charge in [0, 0.05) is 16.2 Å². The number of aromatic amines is 1. The van der Waals surface area contributed by atoms with E-state index in [9.17, 15) is 4.79 Å². The van der Waals surface area contributed by atoms with E-state index in [1.807, 2.05) is 53.1 Å². The van der Waals surface area contributed by atoms with E-state index < -0.39 is 0 Å². The van der Waals surface area contributed by atoms with Crippen LogP contribution < -0.4 is 5.32 Å². The van der Waals surface area contributed by atoms with Crippen LogP contribution in [0, 0.1) is 0 Å². The summed E-state index contributed by atoms with van der Waals surface area (Å²) in [6, 6.07) is 15.1. The van der Waals surface area contributed by atoms with Gasteiger partial charge in [0.25, 0.3) is 5.91 Å². The van der Waals surface area contributed by atoms with Gasteiger partial charge < -0.3 is 5.32 Å². The Bertz CT molecular complexity index is 1040. The average Bonchev–Trinajstić information content (AvgIpc) is 3.28. The van der Waals surface area contributed by atoms with Gasteiger partial charge in [-0.3, -0.25) is 14.3 Å². The van der Waals surface area contributed by atoms with Gasteiger partial charge in [-0.2, -0.15) is 5.10 Å². The Morgan fingerprint density at radius 3 is 2.84 bits per heavy atom. The van der Waals surface area contributed by atoms with Crippen molar-refractivity contribution in [2.24, 2.45) is 0 Å². The second kappa shape index (κ2) is 6.48. The summed E-state index contributed by atoms with van der Waals surface area (Å²) in [6.45, 7) is 0.274.